The number of fused-ring (bicyclic) bond motifs is 1. The highest BCUT2D eigenvalue weighted by atomic mass is 35.5. The van der Waals surface area contributed by atoms with Crippen LogP contribution >= 0.6 is 11.6 Å². The highest BCUT2D eigenvalue weighted by molar-refractivity contribution is 6.32. The number of aromatic nitrogens is 2. The maximum atomic E-state index is 11.6. The van der Waals surface area contributed by atoms with Gasteiger partial charge in [-0.05, 0) is 42.5 Å². The molecule has 2 aromatic heterocycles. The molecule has 0 atom stereocenters. The van der Waals surface area contributed by atoms with E-state index in [4.69, 9.17) is 11.6 Å². The zero-order chi connectivity index (χ0) is 15.7. The van der Waals surface area contributed by atoms with Gasteiger partial charge in [0.1, 0.15) is 11.3 Å². The van der Waals surface area contributed by atoms with E-state index in [0.717, 1.165) is 21.7 Å². The summed E-state index contributed by atoms with van der Waals surface area (Å²) in [6, 6.07) is 9.57. The molecule has 0 fully saturated rings. The number of hydrogen-bond acceptors (Lipinski definition) is 2. The van der Waals surface area contributed by atoms with Crippen molar-refractivity contribution >= 4 is 23.2 Å². The van der Waals surface area contributed by atoms with E-state index in [1.54, 1.807) is 16.8 Å². The lowest BCUT2D eigenvalue weighted by Crippen LogP contribution is -2.10. The molecule has 0 spiro atoms. The standard InChI is InChI=1S/C17H15ClN2O2/c1-11-3-2-4-12(15(11)18)5-6-13-7-8-14-19-9-10-20(14)16(13)17(21)22/h2-4,7-10H,5-6H2,1H3,(H,21,22). The number of pyridine rings is 1. The van der Waals surface area contributed by atoms with E-state index in [-0.39, 0.29) is 5.69 Å². The van der Waals surface area contributed by atoms with E-state index >= 15 is 0 Å². The van der Waals surface area contributed by atoms with E-state index in [0.29, 0.717) is 18.5 Å². The Morgan fingerprint density at radius 2 is 2.00 bits per heavy atom. The second-order valence-corrected chi connectivity index (χ2v) is 5.59. The third-order valence-corrected chi connectivity index (χ3v) is 4.33. The summed E-state index contributed by atoms with van der Waals surface area (Å²) in [4.78, 5) is 15.7. The second-order valence-electron chi connectivity index (χ2n) is 5.22. The summed E-state index contributed by atoms with van der Waals surface area (Å²) in [5, 5.41) is 10.3. The molecule has 1 aromatic carbocycles. The van der Waals surface area contributed by atoms with Gasteiger partial charge in [0.15, 0.2) is 0 Å². The van der Waals surface area contributed by atoms with Crippen molar-refractivity contribution in [3.8, 4) is 0 Å². The van der Waals surface area contributed by atoms with Gasteiger partial charge in [0, 0.05) is 17.4 Å². The van der Waals surface area contributed by atoms with Gasteiger partial charge in [0.25, 0.3) is 0 Å². The average Bonchev–Trinajstić information content (AvgIpc) is 2.96. The fraction of sp³-hybridized carbons (Fsp3) is 0.176. The van der Waals surface area contributed by atoms with Gasteiger partial charge >= 0.3 is 5.97 Å². The topological polar surface area (TPSA) is 54.6 Å². The van der Waals surface area contributed by atoms with Crippen molar-refractivity contribution in [2.45, 2.75) is 19.8 Å². The minimum Gasteiger partial charge on any atom is -0.477 e. The average molecular weight is 315 g/mol. The van der Waals surface area contributed by atoms with Crippen molar-refractivity contribution in [1.29, 1.82) is 0 Å². The maximum Gasteiger partial charge on any atom is 0.353 e. The van der Waals surface area contributed by atoms with Crippen LogP contribution in [0.3, 0.4) is 0 Å². The molecule has 0 aliphatic heterocycles. The SMILES string of the molecule is Cc1cccc(CCc2ccc3nccn3c2C(=O)O)c1Cl. The van der Waals surface area contributed by atoms with Crippen LogP contribution in [-0.2, 0) is 12.8 Å². The Balaban J connectivity index is 1.95. The lowest BCUT2D eigenvalue weighted by Gasteiger charge is -2.10. The van der Waals surface area contributed by atoms with Crippen molar-refractivity contribution in [2.24, 2.45) is 0 Å². The Morgan fingerprint density at radius 1 is 1.23 bits per heavy atom. The van der Waals surface area contributed by atoms with Gasteiger partial charge < -0.3 is 5.11 Å². The van der Waals surface area contributed by atoms with Crippen molar-refractivity contribution in [2.75, 3.05) is 0 Å². The van der Waals surface area contributed by atoms with Gasteiger partial charge in [0.2, 0.25) is 0 Å². The lowest BCUT2D eigenvalue weighted by molar-refractivity contribution is 0.0687. The molecule has 5 heteroatoms. The van der Waals surface area contributed by atoms with Crippen LogP contribution in [0.4, 0.5) is 0 Å². The van der Waals surface area contributed by atoms with Crippen LogP contribution in [-0.4, -0.2) is 20.5 Å². The molecular formula is C17H15ClN2O2. The number of aromatic carboxylic acids is 1. The summed E-state index contributed by atoms with van der Waals surface area (Å²) in [6.07, 6.45) is 4.57. The molecule has 4 nitrogen and oxygen atoms in total. The van der Waals surface area contributed by atoms with Crippen molar-refractivity contribution < 1.29 is 9.90 Å². The molecule has 3 aromatic rings. The first-order chi connectivity index (χ1) is 10.6. The van der Waals surface area contributed by atoms with Crippen LogP contribution in [0.15, 0.2) is 42.7 Å². The highest BCUT2D eigenvalue weighted by Gasteiger charge is 2.15. The Morgan fingerprint density at radius 3 is 2.77 bits per heavy atom. The van der Waals surface area contributed by atoms with E-state index in [9.17, 15) is 9.90 Å². The number of halogens is 1. The molecule has 0 aliphatic carbocycles. The van der Waals surface area contributed by atoms with Gasteiger partial charge in [-0.2, -0.15) is 0 Å². The molecule has 0 saturated carbocycles. The molecule has 22 heavy (non-hydrogen) atoms. The normalized spacial score (nSPS) is 11.0. The van der Waals surface area contributed by atoms with Crippen LogP contribution in [0.5, 0.6) is 0 Å². The number of hydrogen-bond donors (Lipinski definition) is 1. The number of carbonyl (C=O) groups is 1. The number of benzene rings is 1. The van der Waals surface area contributed by atoms with Gasteiger partial charge in [-0.25, -0.2) is 9.78 Å². The molecule has 0 radical (unpaired) electrons. The minimum atomic E-state index is -0.950. The molecule has 0 saturated heterocycles. The summed E-state index contributed by atoms with van der Waals surface area (Å²) in [5.74, 6) is -0.950. The summed E-state index contributed by atoms with van der Waals surface area (Å²) < 4.78 is 1.61. The molecule has 1 N–H and O–H groups in total. The number of rotatable bonds is 4. The number of imidazole rings is 1. The van der Waals surface area contributed by atoms with E-state index < -0.39 is 5.97 Å². The Hall–Kier alpha value is -2.33. The molecule has 0 unspecified atom stereocenters. The van der Waals surface area contributed by atoms with Crippen LogP contribution in [0.25, 0.3) is 5.65 Å². The van der Waals surface area contributed by atoms with E-state index in [1.807, 2.05) is 37.3 Å². The fourth-order valence-corrected chi connectivity index (χ4v) is 2.87. The Bertz CT molecular complexity index is 855. The third-order valence-electron chi connectivity index (χ3n) is 3.79. The summed E-state index contributed by atoms with van der Waals surface area (Å²) in [5.41, 5.74) is 3.73. The first-order valence-corrected chi connectivity index (χ1v) is 7.38. The number of carboxylic acid groups (broad SMARTS) is 1. The molecular weight excluding hydrogens is 300 g/mol. The summed E-state index contributed by atoms with van der Waals surface area (Å²) in [7, 11) is 0. The first-order valence-electron chi connectivity index (χ1n) is 7.00. The smallest absolute Gasteiger partial charge is 0.353 e. The molecule has 3 rings (SSSR count). The van der Waals surface area contributed by atoms with Gasteiger partial charge in [-0.15, -0.1) is 0 Å². The molecule has 0 bridgehead atoms. The number of aryl methyl sites for hydroxylation is 3. The van der Waals surface area contributed by atoms with Crippen molar-refractivity contribution in [3.63, 3.8) is 0 Å². The predicted octanol–water partition coefficient (Wildman–Crippen LogP) is 3.78. The quantitative estimate of drug-likeness (QED) is 0.797. The van der Waals surface area contributed by atoms with Crippen molar-refractivity contribution in [3.05, 3.63) is 70.1 Å². The zero-order valence-corrected chi connectivity index (χ0v) is 12.8. The Kier molecular flexibility index (Phi) is 3.86. The first kappa shape index (κ1) is 14.6. The van der Waals surface area contributed by atoms with Crippen LogP contribution in [0.2, 0.25) is 5.02 Å². The van der Waals surface area contributed by atoms with Gasteiger partial charge in [-0.1, -0.05) is 35.9 Å². The highest BCUT2D eigenvalue weighted by Crippen LogP contribution is 2.23. The monoisotopic (exact) mass is 314 g/mol. The van der Waals surface area contributed by atoms with Crippen LogP contribution < -0.4 is 0 Å². The molecule has 0 amide bonds. The van der Waals surface area contributed by atoms with E-state index in [2.05, 4.69) is 4.98 Å². The van der Waals surface area contributed by atoms with Gasteiger partial charge in [-0.3, -0.25) is 4.40 Å². The zero-order valence-electron chi connectivity index (χ0n) is 12.1. The molecule has 0 aliphatic rings. The van der Waals surface area contributed by atoms with Crippen LogP contribution in [0.1, 0.15) is 27.2 Å². The Labute approximate surface area is 133 Å². The van der Waals surface area contributed by atoms with E-state index in [1.165, 1.54) is 0 Å². The third kappa shape index (κ3) is 2.57. The lowest BCUT2D eigenvalue weighted by atomic mass is 10.0. The number of carboxylic acids is 1. The fourth-order valence-electron chi connectivity index (χ4n) is 2.65. The predicted molar refractivity (Wildman–Crippen MR) is 85.7 cm³/mol. The minimum absolute atomic E-state index is 0.263. The number of nitrogens with zero attached hydrogens (tertiary/aromatic N) is 2. The van der Waals surface area contributed by atoms with Crippen LogP contribution in [0, 0.1) is 6.92 Å². The largest absolute Gasteiger partial charge is 0.477 e. The summed E-state index contributed by atoms with van der Waals surface area (Å²) >= 11 is 6.31. The van der Waals surface area contributed by atoms with Crippen molar-refractivity contribution in [1.82, 2.24) is 9.38 Å². The van der Waals surface area contributed by atoms with Gasteiger partial charge in [0.05, 0.1) is 0 Å². The second kappa shape index (κ2) is 5.81. The summed E-state index contributed by atoms with van der Waals surface area (Å²) in [6.45, 7) is 1.96. The molecule has 2 heterocycles. The molecule has 112 valence electrons. The maximum absolute atomic E-state index is 11.6.